The highest BCUT2D eigenvalue weighted by atomic mass is 35.5. The Morgan fingerprint density at radius 2 is 1.58 bits per heavy atom. The van der Waals surface area contributed by atoms with Gasteiger partial charge in [-0.1, -0.05) is 72.3 Å². The molecule has 1 aliphatic rings. The Morgan fingerprint density at radius 1 is 0.875 bits per heavy atom. The minimum absolute atomic E-state index is 0.340. The normalized spacial score (nSPS) is 16.9. The first-order valence-electron chi connectivity index (χ1n) is 7.94. The summed E-state index contributed by atoms with van der Waals surface area (Å²) in [6, 6.07) is 27.0. The number of benzene rings is 3. The molecule has 0 radical (unpaired) electrons. The van der Waals surface area contributed by atoms with Crippen molar-refractivity contribution in [2.45, 2.75) is 16.6 Å². The van der Waals surface area contributed by atoms with Gasteiger partial charge in [0.1, 0.15) is 0 Å². The molecular formula is C21H16ClNS. The second-order valence-electron chi connectivity index (χ2n) is 5.76. The standard InChI is InChI=1S/C21H16ClNS/c22-17-11-12-20-19(13-17)23-18(15-7-3-1-4-8-15)14-21(24-20)16-9-5-2-6-10-16/h1-13,21H,14H2. The van der Waals surface area contributed by atoms with Gasteiger partial charge in [-0.15, -0.1) is 11.8 Å². The predicted octanol–water partition coefficient (Wildman–Crippen LogP) is 6.70. The molecule has 1 atom stereocenters. The monoisotopic (exact) mass is 349 g/mol. The summed E-state index contributed by atoms with van der Waals surface area (Å²) < 4.78 is 0. The fourth-order valence-electron chi connectivity index (χ4n) is 2.91. The van der Waals surface area contributed by atoms with Crippen LogP contribution in [0.25, 0.3) is 0 Å². The number of fused-ring (bicyclic) bond motifs is 1. The molecule has 3 heteroatoms. The van der Waals surface area contributed by atoms with Crippen LogP contribution in [-0.2, 0) is 0 Å². The Balaban J connectivity index is 1.82. The third kappa shape index (κ3) is 3.26. The third-order valence-electron chi connectivity index (χ3n) is 4.10. The Hall–Kier alpha value is -2.03. The van der Waals surface area contributed by atoms with Gasteiger partial charge >= 0.3 is 0 Å². The van der Waals surface area contributed by atoms with Crippen LogP contribution in [0.5, 0.6) is 0 Å². The van der Waals surface area contributed by atoms with E-state index in [-0.39, 0.29) is 0 Å². The van der Waals surface area contributed by atoms with Gasteiger partial charge in [-0.25, -0.2) is 0 Å². The lowest BCUT2D eigenvalue weighted by atomic mass is 10.0. The molecule has 1 unspecified atom stereocenters. The molecule has 3 aromatic carbocycles. The molecular weight excluding hydrogens is 334 g/mol. The van der Waals surface area contributed by atoms with Crippen molar-refractivity contribution >= 4 is 34.8 Å². The van der Waals surface area contributed by atoms with Gasteiger partial charge in [0.05, 0.1) is 5.69 Å². The van der Waals surface area contributed by atoms with Crippen LogP contribution in [0.2, 0.25) is 5.02 Å². The van der Waals surface area contributed by atoms with E-state index in [4.69, 9.17) is 16.6 Å². The van der Waals surface area contributed by atoms with Gasteiger partial charge in [-0.05, 0) is 29.3 Å². The zero-order valence-electron chi connectivity index (χ0n) is 13.0. The Morgan fingerprint density at radius 3 is 2.33 bits per heavy atom. The lowest BCUT2D eigenvalue weighted by Crippen LogP contribution is -2.05. The number of nitrogens with zero attached hydrogens (tertiary/aromatic N) is 1. The van der Waals surface area contributed by atoms with Crippen LogP contribution in [0, 0.1) is 0 Å². The summed E-state index contributed by atoms with van der Waals surface area (Å²) >= 11 is 8.06. The maximum Gasteiger partial charge on any atom is 0.0784 e. The van der Waals surface area contributed by atoms with Gasteiger partial charge in [-0.3, -0.25) is 4.99 Å². The van der Waals surface area contributed by atoms with Crippen LogP contribution in [0.3, 0.4) is 0 Å². The van der Waals surface area contributed by atoms with Gasteiger partial charge in [0.15, 0.2) is 0 Å². The van der Waals surface area contributed by atoms with E-state index in [0.717, 1.165) is 22.8 Å². The van der Waals surface area contributed by atoms with E-state index in [1.54, 1.807) is 0 Å². The molecule has 3 aromatic rings. The summed E-state index contributed by atoms with van der Waals surface area (Å²) in [5.74, 6) is 0. The molecule has 0 N–H and O–H groups in total. The molecule has 118 valence electrons. The van der Waals surface area contributed by atoms with E-state index < -0.39 is 0 Å². The minimum Gasteiger partial charge on any atom is -0.252 e. The molecule has 4 rings (SSSR count). The quantitative estimate of drug-likeness (QED) is 0.501. The van der Waals surface area contributed by atoms with Crippen LogP contribution in [0.15, 0.2) is 88.8 Å². The first kappa shape index (κ1) is 15.5. The average Bonchev–Trinajstić information content (AvgIpc) is 2.82. The molecule has 24 heavy (non-hydrogen) atoms. The van der Waals surface area contributed by atoms with Crippen molar-refractivity contribution in [3.63, 3.8) is 0 Å². The lowest BCUT2D eigenvalue weighted by Gasteiger charge is -2.16. The van der Waals surface area contributed by atoms with Crippen molar-refractivity contribution in [2.24, 2.45) is 4.99 Å². The first-order valence-corrected chi connectivity index (χ1v) is 9.19. The van der Waals surface area contributed by atoms with Crippen molar-refractivity contribution in [1.82, 2.24) is 0 Å². The molecule has 0 saturated heterocycles. The van der Waals surface area contributed by atoms with Crippen molar-refractivity contribution < 1.29 is 0 Å². The number of halogens is 1. The molecule has 0 amide bonds. The molecule has 0 aliphatic carbocycles. The number of rotatable bonds is 2. The molecule has 1 nitrogen and oxygen atoms in total. The smallest absolute Gasteiger partial charge is 0.0784 e. The average molecular weight is 350 g/mol. The maximum absolute atomic E-state index is 6.20. The topological polar surface area (TPSA) is 12.4 Å². The zero-order valence-corrected chi connectivity index (χ0v) is 14.6. The van der Waals surface area contributed by atoms with E-state index in [0.29, 0.717) is 5.25 Å². The van der Waals surface area contributed by atoms with Crippen molar-refractivity contribution in [2.75, 3.05) is 0 Å². The zero-order chi connectivity index (χ0) is 16.4. The Labute approximate surface area is 151 Å². The lowest BCUT2D eigenvalue weighted by molar-refractivity contribution is 1.01. The number of hydrogen-bond acceptors (Lipinski definition) is 2. The third-order valence-corrected chi connectivity index (χ3v) is 5.66. The van der Waals surface area contributed by atoms with Crippen LogP contribution >= 0.6 is 23.4 Å². The Kier molecular flexibility index (Phi) is 4.42. The van der Waals surface area contributed by atoms with E-state index in [2.05, 4.69) is 60.7 Å². The van der Waals surface area contributed by atoms with Crippen LogP contribution in [-0.4, -0.2) is 5.71 Å². The highest BCUT2D eigenvalue weighted by Crippen LogP contribution is 2.46. The minimum atomic E-state index is 0.340. The van der Waals surface area contributed by atoms with Gasteiger partial charge in [0.2, 0.25) is 0 Å². The summed E-state index contributed by atoms with van der Waals surface area (Å²) in [4.78, 5) is 6.14. The van der Waals surface area contributed by atoms with Crippen molar-refractivity contribution in [3.8, 4) is 0 Å². The number of thioether (sulfide) groups is 1. The summed E-state index contributed by atoms with van der Waals surface area (Å²) in [5, 5.41) is 1.07. The SMILES string of the molecule is Clc1ccc2c(c1)N=C(c1ccccc1)CC(c1ccccc1)S2. The van der Waals surface area contributed by atoms with Crippen LogP contribution < -0.4 is 0 Å². The summed E-state index contributed by atoms with van der Waals surface area (Å²) in [5.41, 5.74) is 4.57. The van der Waals surface area contributed by atoms with Gasteiger partial charge < -0.3 is 0 Å². The molecule has 0 saturated carbocycles. The maximum atomic E-state index is 6.20. The fourth-order valence-corrected chi connectivity index (χ4v) is 4.28. The molecule has 1 aliphatic heterocycles. The van der Waals surface area contributed by atoms with E-state index >= 15 is 0 Å². The van der Waals surface area contributed by atoms with Gasteiger partial charge in [0, 0.05) is 27.3 Å². The van der Waals surface area contributed by atoms with Crippen molar-refractivity contribution in [1.29, 1.82) is 0 Å². The first-order chi connectivity index (χ1) is 11.8. The van der Waals surface area contributed by atoms with E-state index in [9.17, 15) is 0 Å². The largest absolute Gasteiger partial charge is 0.252 e. The summed E-state index contributed by atoms with van der Waals surface area (Å²) in [6.45, 7) is 0. The van der Waals surface area contributed by atoms with Crippen molar-refractivity contribution in [3.05, 3.63) is 95.0 Å². The number of aliphatic imine (C=N–C) groups is 1. The molecule has 0 aromatic heterocycles. The summed E-state index contributed by atoms with van der Waals surface area (Å²) in [7, 11) is 0. The highest BCUT2D eigenvalue weighted by Gasteiger charge is 2.22. The van der Waals surface area contributed by atoms with E-state index in [1.165, 1.54) is 16.0 Å². The molecule has 0 spiro atoms. The van der Waals surface area contributed by atoms with Gasteiger partial charge in [0.25, 0.3) is 0 Å². The van der Waals surface area contributed by atoms with E-state index in [1.807, 2.05) is 30.0 Å². The molecule has 0 fully saturated rings. The summed E-state index contributed by atoms with van der Waals surface area (Å²) in [6.07, 6.45) is 0.894. The van der Waals surface area contributed by atoms with Crippen LogP contribution in [0.4, 0.5) is 5.69 Å². The highest BCUT2D eigenvalue weighted by molar-refractivity contribution is 7.99. The molecule has 0 bridgehead atoms. The van der Waals surface area contributed by atoms with Gasteiger partial charge in [-0.2, -0.15) is 0 Å². The number of hydrogen-bond donors (Lipinski definition) is 0. The predicted molar refractivity (Wildman–Crippen MR) is 104 cm³/mol. The Bertz CT molecular complexity index is 875. The van der Waals surface area contributed by atoms with Crippen LogP contribution in [0.1, 0.15) is 22.8 Å². The molecule has 1 heterocycles. The fraction of sp³-hybridized carbons (Fsp3) is 0.0952. The second kappa shape index (κ2) is 6.84. The second-order valence-corrected chi connectivity index (χ2v) is 7.44.